The van der Waals surface area contributed by atoms with Crippen LogP contribution in [-0.4, -0.2) is 27.5 Å². The summed E-state index contributed by atoms with van der Waals surface area (Å²) in [7, 11) is 0. The molecule has 2 aromatic heterocycles. The highest BCUT2D eigenvalue weighted by molar-refractivity contribution is 9.10. The van der Waals surface area contributed by atoms with Crippen molar-refractivity contribution in [3.63, 3.8) is 0 Å². The van der Waals surface area contributed by atoms with Crippen LogP contribution in [0.2, 0.25) is 0 Å². The molecule has 0 fully saturated rings. The molecular formula is C13H13BrN2O3. The van der Waals surface area contributed by atoms with E-state index in [9.17, 15) is 9.59 Å². The normalized spacial score (nSPS) is 11.6. The molecule has 0 saturated carbocycles. The van der Waals surface area contributed by atoms with Crippen LogP contribution in [0.1, 0.15) is 31.1 Å². The standard InChI is InChI=1S/C13H13BrN2O3/c1-13(2,3)19-12(18)16-6-8(7-17)9-4-5-10(14)15-11(9)16/h4-7H,1-3H3. The van der Waals surface area contributed by atoms with Gasteiger partial charge in [0.25, 0.3) is 0 Å². The number of rotatable bonds is 1. The minimum absolute atomic E-state index is 0.394. The molecule has 0 aliphatic heterocycles. The molecule has 2 aromatic rings. The van der Waals surface area contributed by atoms with Crippen molar-refractivity contribution in [2.45, 2.75) is 26.4 Å². The van der Waals surface area contributed by atoms with Crippen LogP contribution in [0.4, 0.5) is 4.79 Å². The highest BCUT2D eigenvalue weighted by atomic mass is 79.9. The number of halogens is 1. The van der Waals surface area contributed by atoms with Gasteiger partial charge in [0, 0.05) is 17.1 Å². The van der Waals surface area contributed by atoms with Crippen LogP contribution in [-0.2, 0) is 4.74 Å². The molecule has 0 unspecified atom stereocenters. The first-order valence-electron chi connectivity index (χ1n) is 5.68. The zero-order chi connectivity index (χ0) is 14.2. The Bertz CT molecular complexity index is 656. The van der Waals surface area contributed by atoms with E-state index in [1.807, 2.05) is 0 Å². The highest BCUT2D eigenvalue weighted by Crippen LogP contribution is 2.22. The summed E-state index contributed by atoms with van der Waals surface area (Å²) in [6.07, 6.45) is 1.57. The van der Waals surface area contributed by atoms with Crippen LogP contribution in [0, 0.1) is 0 Å². The topological polar surface area (TPSA) is 61.2 Å². The van der Waals surface area contributed by atoms with Gasteiger partial charge in [-0.25, -0.2) is 14.3 Å². The number of aldehydes is 1. The third-order valence-electron chi connectivity index (χ3n) is 2.37. The minimum Gasteiger partial charge on any atom is -0.443 e. The Balaban J connectivity index is 2.57. The Labute approximate surface area is 118 Å². The summed E-state index contributed by atoms with van der Waals surface area (Å²) in [6.45, 7) is 5.34. The Morgan fingerprint density at radius 3 is 2.68 bits per heavy atom. The van der Waals surface area contributed by atoms with Crippen molar-refractivity contribution in [1.82, 2.24) is 9.55 Å². The molecule has 100 valence electrons. The number of hydrogen-bond donors (Lipinski definition) is 0. The van der Waals surface area contributed by atoms with E-state index in [2.05, 4.69) is 20.9 Å². The molecule has 0 bridgehead atoms. The molecule has 0 spiro atoms. The van der Waals surface area contributed by atoms with Gasteiger partial charge in [0.05, 0.1) is 0 Å². The maximum Gasteiger partial charge on any atom is 0.420 e. The van der Waals surface area contributed by atoms with Crippen molar-refractivity contribution in [1.29, 1.82) is 0 Å². The maximum absolute atomic E-state index is 12.1. The second kappa shape index (κ2) is 4.77. The minimum atomic E-state index is -0.610. The second-order valence-electron chi connectivity index (χ2n) is 5.06. The summed E-state index contributed by atoms with van der Waals surface area (Å²) >= 11 is 3.24. The number of nitrogens with zero attached hydrogens (tertiary/aromatic N) is 2. The van der Waals surface area contributed by atoms with E-state index in [1.165, 1.54) is 10.8 Å². The number of hydrogen-bond acceptors (Lipinski definition) is 4. The number of ether oxygens (including phenoxy) is 1. The van der Waals surface area contributed by atoms with Gasteiger partial charge in [0.1, 0.15) is 10.2 Å². The number of pyridine rings is 1. The van der Waals surface area contributed by atoms with E-state index in [0.717, 1.165) is 0 Å². The molecule has 0 aromatic carbocycles. The largest absolute Gasteiger partial charge is 0.443 e. The lowest BCUT2D eigenvalue weighted by molar-refractivity contribution is 0.0543. The fourth-order valence-electron chi connectivity index (χ4n) is 1.65. The van der Waals surface area contributed by atoms with Crippen molar-refractivity contribution < 1.29 is 14.3 Å². The van der Waals surface area contributed by atoms with E-state index in [4.69, 9.17) is 4.74 Å². The van der Waals surface area contributed by atoms with E-state index >= 15 is 0 Å². The van der Waals surface area contributed by atoms with Gasteiger partial charge in [0.2, 0.25) is 0 Å². The quantitative estimate of drug-likeness (QED) is 0.595. The van der Waals surface area contributed by atoms with Gasteiger partial charge >= 0.3 is 6.09 Å². The van der Waals surface area contributed by atoms with Crippen LogP contribution in [0.5, 0.6) is 0 Å². The lowest BCUT2D eigenvalue weighted by atomic mass is 10.2. The van der Waals surface area contributed by atoms with Crippen LogP contribution in [0.15, 0.2) is 22.9 Å². The predicted molar refractivity (Wildman–Crippen MR) is 74.5 cm³/mol. The molecular weight excluding hydrogens is 312 g/mol. The fraction of sp³-hybridized carbons (Fsp3) is 0.308. The van der Waals surface area contributed by atoms with Crippen molar-refractivity contribution in [3.8, 4) is 0 Å². The summed E-state index contributed by atoms with van der Waals surface area (Å²) in [5.74, 6) is 0. The van der Waals surface area contributed by atoms with Crippen LogP contribution < -0.4 is 0 Å². The first-order chi connectivity index (χ1) is 8.81. The van der Waals surface area contributed by atoms with Gasteiger partial charge in [-0.1, -0.05) is 0 Å². The molecule has 0 saturated heterocycles. The lowest BCUT2D eigenvalue weighted by Crippen LogP contribution is -2.26. The third-order valence-corrected chi connectivity index (χ3v) is 2.81. The molecule has 0 N–H and O–H groups in total. The Kier molecular flexibility index (Phi) is 3.45. The zero-order valence-electron chi connectivity index (χ0n) is 10.8. The monoisotopic (exact) mass is 324 g/mol. The van der Waals surface area contributed by atoms with Gasteiger partial charge < -0.3 is 4.74 Å². The fourth-order valence-corrected chi connectivity index (χ4v) is 1.95. The molecule has 19 heavy (non-hydrogen) atoms. The number of carbonyl (C=O) groups is 2. The molecule has 0 aliphatic carbocycles. The van der Waals surface area contributed by atoms with E-state index in [0.29, 0.717) is 27.5 Å². The van der Waals surface area contributed by atoms with Gasteiger partial charge in [-0.15, -0.1) is 0 Å². The summed E-state index contributed by atoms with van der Waals surface area (Å²) < 4.78 is 7.11. The van der Waals surface area contributed by atoms with Crippen molar-refractivity contribution >= 4 is 39.3 Å². The smallest absolute Gasteiger partial charge is 0.420 e. The Morgan fingerprint density at radius 2 is 2.11 bits per heavy atom. The molecule has 0 radical (unpaired) electrons. The maximum atomic E-state index is 12.1. The molecule has 0 aliphatic rings. The van der Waals surface area contributed by atoms with Gasteiger partial charge in [0.15, 0.2) is 11.9 Å². The Hall–Kier alpha value is -1.69. The number of aromatic nitrogens is 2. The summed E-state index contributed by atoms with van der Waals surface area (Å²) in [6, 6.07) is 3.45. The number of carbonyl (C=O) groups excluding carboxylic acids is 2. The second-order valence-corrected chi connectivity index (χ2v) is 5.87. The Morgan fingerprint density at radius 1 is 1.42 bits per heavy atom. The van der Waals surface area contributed by atoms with E-state index in [1.54, 1.807) is 32.9 Å². The van der Waals surface area contributed by atoms with Crippen LogP contribution in [0.25, 0.3) is 11.0 Å². The molecule has 0 atom stereocenters. The first kappa shape index (κ1) is 13.7. The van der Waals surface area contributed by atoms with Crippen LogP contribution in [0.3, 0.4) is 0 Å². The predicted octanol–water partition coefficient (Wildman–Crippen LogP) is 3.39. The van der Waals surface area contributed by atoms with Crippen LogP contribution >= 0.6 is 15.9 Å². The SMILES string of the molecule is CC(C)(C)OC(=O)n1cc(C=O)c2ccc(Br)nc21. The summed E-state index contributed by atoms with van der Waals surface area (Å²) in [4.78, 5) is 27.3. The summed E-state index contributed by atoms with van der Waals surface area (Å²) in [5.41, 5.74) is 0.188. The molecule has 2 heterocycles. The molecule has 6 heteroatoms. The average molecular weight is 325 g/mol. The third kappa shape index (κ3) is 2.84. The lowest BCUT2D eigenvalue weighted by Gasteiger charge is -2.19. The van der Waals surface area contributed by atoms with Crippen molar-refractivity contribution in [2.24, 2.45) is 0 Å². The first-order valence-corrected chi connectivity index (χ1v) is 6.47. The summed E-state index contributed by atoms with van der Waals surface area (Å²) in [5, 5.41) is 0.615. The van der Waals surface area contributed by atoms with E-state index < -0.39 is 11.7 Å². The van der Waals surface area contributed by atoms with Gasteiger partial charge in [-0.3, -0.25) is 4.79 Å². The van der Waals surface area contributed by atoms with E-state index in [-0.39, 0.29) is 0 Å². The van der Waals surface area contributed by atoms with Crippen molar-refractivity contribution in [2.75, 3.05) is 0 Å². The zero-order valence-corrected chi connectivity index (χ0v) is 12.4. The average Bonchev–Trinajstić information content (AvgIpc) is 2.64. The van der Waals surface area contributed by atoms with Gasteiger partial charge in [-0.2, -0.15) is 0 Å². The van der Waals surface area contributed by atoms with Gasteiger partial charge in [-0.05, 0) is 48.8 Å². The highest BCUT2D eigenvalue weighted by Gasteiger charge is 2.21. The molecule has 2 rings (SSSR count). The van der Waals surface area contributed by atoms with Crippen molar-refractivity contribution in [3.05, 3.63) is 28.5 Å². The molecule has 5 nitrogen and oxygen atoms in total. The molecule has 0 amide bonds. The number of fused-ring (bicyclic) bond motifs is 1.